The summed E-state index contributed by atoms with van der Waals surface area (Å²) in [7, 11) is 0. The summed E-state index contributed by atoms with van der Waals surface area (Å²) in [4.78, 5) is 17.8. The Morgan fingerprint density at radius 3 is 2.54 bits per heavy atom. The fourth-order valence-electron chi connectivity index (χ4n) is 3.83. The molecular weight excluding hydrogens is 326 g/mol. The zero-order chi connectivity index (χ0) is 17.8. The van der Waals surface area contributed by atoms with Crippen molar-refractivity contribution in [3.05, 3.63) is 65.1 Å². The second-order valence-electron chi connectivity index (χ2n) is 6.91. The van der Waals surface area contributed by atoms with E-state index in [1.165, 1.54) is 0 Å². The third-order valence-electron chi connectivity index (χ3n) is 5.18. The largest absolute Gasteiger partial charge is 0.494 e. The lowest BCUT2D eigenvalue weighted by molar-refractivity contribution is 0.173. The van der Waals surface area contributed by atoms with E-state index >= 15 is 0 Å². The van der Waals surface area contributed by atoms with Crippen molar-refractivity contribution in [1.82, 2.24) is 14.5 Å². The fourth-order valence-corrected chi connectivity index (χ4v) is 3.83. The molecule has 1 saturated heterocycles. The number of benzene rings is 2. The summed E-state index contributed by atoms with van der Waals surface area (Å²) in [6, 6.07) is 18.2. The number of fused-ring (bicyclic) bond motifs is 1. The highest BCUT2D eigenvalue weighted by molar-refractivity contribution is 5.75. The maximum absolute atomic E-state index is 12.3. The minimum absolute atomic E-state index is 0.0147. The van der Waals surface area contributed by atoms with Crippen molar-refractivity contribution in [2.24, 2.45) is 0 Å². The molecule has 1 fully saturated rings. The lowest BCUT2D eigenvalue weighted by Gasteiger charge is -2.32. The quantitative estimate of drug-likeness (QED) is 0.692. The summed E-state index contributed by atoms with van der Waals surface area (Å²) in [5, 5.41) is 0. The zero-order valence-electron chi connectivity index (χ0n) is 14.9. The molecule has 0 amide bonds. The van der Waals surface area contributed by atoms with Gasteiger partial charge < -0.3 is 14.6 Å². The van der Waals surface area contributed by atoms with Crippen LogP contribution in [0.3, 0.4) is 0 Å². The van der Waals surface area contributed by atoms with E-state index in [4.69, 9.17) is 4.74 Å². The number of nitrogens with zero attached hydrogens (tertiary/aromatic N) is 2. The number of hydrogen-bond donors (Lipinski definition) is 1. The predicted octanol–water partition coefficient (Wildman–Crippen LogP) is 3.44. The van der Waals surface area contributed by atoms with E-state index in [1.807, 2.05) is 59.2 Å². The molecule has 136 valence electrons. The highest BCUT2D eigenvalue weighted by Crippen LogP contribution is 2.24. The summed E-state index contributed by atoms with van der Waals surface area (Å²) in [6.45, 7) is 3.85. The number of nitrogens with one attached hydrogen (secondary N) is 1. The van der Waals surface area contributed by atoms with Crippen LogP contribution >= 0.6 is 0 Å². The molecule has 3 aromatic rings. The molecule has 0 unspecified atom stereocenters. The van der Waals surface area contributed by atoms with Crippen molar-refractivity contribution in [3.8, 4) is 5.75 Å². The van der Waals surface area contributed by atoms with Crippen molar-refractivity contribution >= 4 is 11.0 Å². The summed E-state index contributed by atoms with van der Waals surface area (Å²) in [5.74, 6) is 0.935. The molecule has 1 N–H and O–H groups in total. The molecule has 0 aliphatic carbocycles. The van der Waals surface area contributed by atoms with Crippen LogP contribution < -0.4 is 10.4 Å². The first-order chi connectivity index (χ1) is 12.8. The first-order valence-corrected chi connectivity index (χ1v) is 9.41. The van der Waals surface area contributed by atoms with E-state index in [0.717, 1.165) is 62.3 Å². The molecule has 0 saturated carbocycles. The van der Waals surface area contributed by atoms with Crippen LogP contribution in [0.4, 0.5) is 0 Å². The first kappa shape index (κ1) is 16.9. The average Bonchev–Trinajstić information content (AvgIpc) is 3.02. The van der Waals surface area contributed by atoms with Crippen molar-refractivity contribution in [2.45, 2.75) is 25.3 Å². The molecule has 4 rings (SSSR count). The van der Waals surface area contributed by atoms with Gasteiger partial charge in [0.05, 0.1) is 17.6 Å². The van der Waals surface area contributed by atoms with Crippen molar-refractivity contribution < 1.29 is 4.74 Å². The second-order valence-corrected chi connectivity index (χ2v) is 6.91. The number of para-hydroxylation sites is 3. The van der Waals surface area contributed by atoms with Crippen LogP contribution in [0.5, 0.6) is 5.75 Å². The van der Waals surface area contributed by atoms with Crippen LogP contribution in [0, 0.1) is 0 Å². The zero-order valence-corrected chi connectivity index (χ0v) is 14.9. The van der Waals surface area contributed by atoms with Crippen LogP contribution in [0.2, 0.25) is 0 Å². The second kappa shape index (κ2) is 7.79. The Labute approximate surface area is 153 Å². The molecule has 26 heavy (non-hydrogen) atoms. The van der Waals surface area contributed by atoms with Gasteiger partial charge in [-0.2, -0.15) is 0 Å². The van der Waals surface area contributed by atoms with Gasteiger partial charge in [0.25, 0.3) is 0 Å². The summed E-state index contributed by atoms with van der Waals surface area (Å²) < 4.78 is 7.71. The summed E-state index contributed by atoms with van der Waals surface area (Å²) in [5.41, 5.74) is 1.96. The molecule has 1 aliphatic rings. The minimum Gasteiger partial charge on any atom is -0.494 e. The maximum Gasteiger partial charge on any atom is 0.326 e. The summed E-state index contributed by atoms with van der Waals surface area (Å²) >= 11 is 0. The van der Waals surface area contributed by atoms with E-state index < -0.39 is 0 Å². The fraction of sp³-hybridized carbons (Fsp3) is 0.381. The Bertz CT molecular complexity index is 892. The van der Waals surface area contributed by atoms with E-state index in [2.05, 4.69) is 9.88 Å². The lowest BCUT2D eigenvalue weighted by Crippen LogP contribution is -2.37. The Morgan fingerprint density at radius 2 is 1.73 bits per heavy atom. The third kappa shape index (κ3) is 3.68. The maximum atomic E-state index is 12.3. The number of aromatic nitrogens is 2. The van der Waals surface area contributed by atoms with E-state index in [1.54, 1.807) is 0 Å². The van der Waals surface area contributed by atoms with Crippen LogP contribution in [-0.2, 0) is 0 Å². The molecule has 0 spiro atoms. The molecule has 0 bridgehead atoms. The number of H-pyrrole nitrogens is 1. The molecule has 2 aromatic carbocycles. The van der Waals surface area contributed by atoms with E-state index in [9.17, 15) is 4.79 Å². The molecule has 1 aliphatic heterocycles. The van der Waals surface area contributed by atoms with Crippen LogP contribution in [0.15, 0.2) is 59.4 Å². The van der Waals surface area contributed by atoms with Gasteiger partial charge in [-0.3, -0.25) is 4.57 Å². The van der Waals surface area contributed by atoms with E-state index in [0.29, 0.717) is 0 Å². The lowest BCUT2D eigenvalue weighted by atomic mass is 10.0. The Kier molecular flexibility index (Phi) is 5.07. The highest BCUT2D eigenvalue weighted by Gasteiger charge is 2.23. The van der Waals surface area contributed by atoms with Crippen molar-refractivity contribution in [3.63, 3.8) is 0 Å². The number of imidazole rings is 1. The number of likely N-dealkylation sites (tertiary alicyclic amines) is 1. The van der Waals surface area contributed by atoms with Gasteiger partial charge in [-0.1, -0.05) is 30.3 Å². The van der Waals surface area contributed by atoms with Crippen LogP contribution in [0.25, 0.3) is 11.0 Å². The SMILES string of the molecule is O=c1[nH]c2ccccc2n1C1CCN(CCCOc2ccccc2)CC1. The average molecular weight is 351 g/mol. The normalized spacial score (nSPS) is 16.2. The topological polar surface area (TPSA) is 50.3 Å². The number of piperidine rings is 1. The highest BCUT2D eigenvalue weighted by atomic mass is 16.5. The minimum atomic E-state index is 0.0147. The Morgan fingerprint density at radius 1 is 1.00 bits per heavy atom. The number of hydrogen-bond acceptors (Lipinski definition) is 3. The molecule has 5 nitrogen and oxygen atoms in total. The smallest absolute Gasteiger partial charge is 0.326 e. The van der Waals surface area contributed by atoms with Gasteiger partial charge in [-0.15, -0.1) is 0 Å². The molecule has 0 atom stereocenters. The summed E-state index contributed by atoms with van der Waals surface area (Å²) in [6.07, 6.45) is 3.05. The standard InChI is InChI=1S/C21H25N3O2/c25-21-22-19-9-4-5-10-20(19)24(21)17-11-14-23(15-12-17)13-6-16-26-18-7-2-1-3-8-18/h1-5,7-10,17H,6,11-16H2,(H,22,25). The molecule has 0 radical (unpaired) electrons. The van der Waals surface area contributed by atoms with Crippen molar-refractivity contribution in [1.29, 1.82) is 0 Å². The predicted molar refractivity (Wildman–Crippen MR) is 104 cm³/mol. The third-order valence-corrected chi connectivity index (χ3v) is 5.18. The van der Waals surface area contributed by atoms with Gasteiger partial charge in [0.15, 0.2) is 0 Å². The number of rotatable bonds is 6. The van der Waals surface area contributed by atoms with Gasteiger partial charge in [0, 0.05) is 25.7 Å². The van der Waals surface area contributed by atoms with Crippen molar-refractivity contribution in [2.75, 3.05) is 26.2 Å². The molecule has 1 aromatic heterocycles. The van der Waals surface area contributed by atoms with Gasteiger partial charge in [0.2, 0.25) is 0 Å². The molecular formula is C21H25N3O2. The first-order valence-electron chi connectivity index (χ1n) is 9.41. The monoisotopic (exact) mass is 351 g/mol. The van der Waals surface area contributed by atoms with Crippen LogP contribution in [0.1, 0.15) is 25.3 Å². The van der Waals surface area contributed by atoms with Gasteiger partial charge in [-0.25, -0.2) is 4.79 Å². The van der Waals surface area contributed by atoms with Crippen LogP contribution in [-0.4, -0.2) is 40.7 Å². The molecule has 5 heteroatoms. The number of aromatic amines is 1. The van der Waals surface area contributed by atoms with E-state index in [-0.39, 0.29) is 11.7 Å². The Balaban J connectivity index is 1.27. The van der Waals surface area contributed by atoms with Gasteiger partial charge in [0.1, 0.15) is 5.75 Å². The molecule has 2 heterocycles. The Hall–Kier alpha value is -2.53. The van der Waals surface area contributed by atoms with Gasteiger partial charge >= 0.3 is 5.69 Å². The number of ether oxygens (including phenoxy) is 1. The van der Waals surface area contributed by atoms with Gasteiger partial charge in [-0.05, 0) is 43.5 Å².